The molecule has 1 unspecified atom stereocenters. The Morgan fingerprint density at radius 3 is 3.00 bits per heavy atom. The minimum absolute atomic E-state index is 0.0429. The van der Waals surface area contributed by atoms with Crippen LogP contribution in [0.1, 0.15) is 38.7 Å². The highest BCUT2D eigenvalue weighted by Gasteiger charge is 2.43. The van der Waals surface area contributed by atoms with Crippen molar-refractivity contribution in [3.63, 3.8) is 0 Å². The molecule has 5 nitrogen and oxygen atoms in total. The van der Waals surface area contributed by atoms with Crippen LogP contribution in [0.3, 0.4) is 0 Å². The number of carbonyl (C=O) groups is 1. The molecule has 0 bridgehead atoms. The van der Waals surface area contributed by atoms with Crippen LogP contribution in [0.25, 0.3) is 0 Å². The van der Waals surface area contributed by atoms with Gasteiger partial charge in [0.25, 0.3) is 0 Å². The van der Waals surface area contributed by atoms with Crippen molar-refractivity contribution >= 4 is 6.03 Å². The van der Waals surface area contributed by atoms with Crippen molar-refractivity contribution < 1.29 is 9.90 Å². The highest BCUT2D eigenvalue weighted by Crippen LogP contribution is 2.34. The summed E-state index contributed by atoms with van der Waals surface area (Å²) in [4.78, 5) is 18.4. The number of aliphatic hydroxyl groups is 1. The molecular formula is C17H27N3O2. The van der Waals surface area contributed by atoms with Crippen molar-refractivity contribution in [2.24, 2.45) is 5.92 Å². The second kappa shape index (κ2) is 7.58. The summed E-state index contributed by atoms with van der Waals surface area (Å²) in [5.41, 5.74) is 0.729. The van der Waals surface area contributed by atoms with Crippen LogP contribution in [0.15, 0.2) is 24.5 Å². The van der Waals surface area contributed by atoms with Gasteiger partial charge >= 0.3 is 6.03 Å². The zero-order valence-electron chi connectivity index (χ0n) is 13.6. The standard InChI is InChI=1S/C17H27N3O2/c1-14(2)11-17(13-21)7-4-10-20(17)16(22)19-9-6-15-5-3-8-18-12-15/h3,5,8,12,14,21H,4,6-7,9-11,13H2,1-2H3,(H,19,22). The number of pyridine rings is 1. The average Bonchev–Trinajstić information content (AvgIpc) is 2.91. The summed E-state index contributed by atoms with van der Waals surface area (Å²) in [5, 5.41) is 12.8. The number of amides is 2. The number of hydrogen-bond donors (Lipinski definition) is 2. The van der Waals surface area contributed by atoms with E-state index in [1.807, 2.05) is 23.2 Å². The SMILES string of the molecule is CC(C)CC1(CO)CCCN1C(=O)NCCc1cccnc1. The summed E-state index contributed by atoms with van der Waals surface area (Å²) >= 11 is 0. The summed E-state index contributed by atoms with van der Waals surface area (Å²) in [7, 11) is 0. The van der Waals surface area contributed by atoms with Gasteiger partial charge in [0.1, 0.15) is 0 Å². The van der Waals surface area contributed by atoms with Crippen molar-refractivity contribution in [2.75, 3.05) is 19.7 Å². The molecule has 22 heavy (non-hydrogen) atoms. The van der Waals surface area contributed by atoms with Gasteiger partial charge in [0.15, 0.2) is 0 Å². The van der Waals surface area contributed by atoms with Gasteiger partial charge < -0.3 is 15.3 Å². The van der Waals surface area contributed by atoms with Crippen LogP contribution in [-0.2, 0) is 6.42 Å². The maximum absolute atomic E-state index is 12.5. The molecule has 122 valence electrons. The van der Waals surface area contributed by atoms with E-state index in [4.69, 9.17) is 0 Å². The van der Waals surface area contributed by atoms with Gasteiger partial charge in [-0.2, -0.15) is 0 Å². The zero-order valence-corrected chi connectivity index (χ0v) is 13.6. The molecule has 1 aromatic heterocycles. The Morgan fingerprint density at radius 2 is 2.36 bits per heavy atom. The van der Waals surface area contributed by atoms with Crippen molar-refractivity contribution in [1.29, 1.82) is 0 Å². The number of nitrogens with one attached hydrogen (secondary N) is 1. The number of likely N-dealkylation sites (tertiary alicyclic amines) is 1. The van der Waals surface area contributed by atoms with Crippen LogP contribution >= 0.6 is 0 Å². The molecule has 0 aromatic carbocycles. The Bertz CT molecular complexity index is 478. The lowest BCUT2D eigenvalue weighted by molar-refractivity contribution is 0.0678. The highest BCUT2D eigenvalue weighted by molar-refractivity contribution is 5.75. The molecule has 0 spiro atoms. The minimum atomic E-state index is -0.382. The second-order valence-corrected chi connectivity index (χ2v) is 6.58. The third-order valence-electron chi connectivity index (χ3n) is 4.34. The Kier molecular flexibility index (Phi) is 5.77. The number of aliphatic hydroxyl groups excluding tert-OH is 1. The van der Waals surface area contributed by atoms with Gasteiger partial charge in [-0.15, -0.1) is 0 Å². The molecule has 2 rings (SSSR count). The Labute approximate surface area is 132 Å². The molecule has 0 radical (unpaired) electrons. The fraction of sp³-hybridized carbons (Fsp3) is 0.647. The van der Waals surface area contributed by atoms with Crippen molar-refractivity contribution in [1.82, 2.24) is 15.2 Å². The van der Waals surface area contributed by atoms with Crippen molar-refractivity contribution in [3.05, 3.63) is 30.1 Å². The van der Waals surface area contributed by atoms with Gasteiger partial charge in [-0.3, -0.25) is 4.98 Å². The third kappa shape index (κ3) is 3.97. The first kappa shape index (κ1) is 16.7. The summed E-state index contributed by atoms with van der Waals surface area (Å²) < 4.78 is 0. The molecule has 1 saturated heterocycles. The lowest BCUT2D eigenvalue weighted by atomic mass is 9.87. The van der Waals surface area contributed by atoms with Gasteiger partial charge in [0.05, 0.1) is 12.1 Å². The second-order valence-electron chi connectivity index (χ2n) is 6.58. The minimum Gasteiger partial charge on any atom is -0.394 e. The molecule has 0 aliphatic carbocycles. The molecule has 0 saturated carbocycles. The van der Waals surface area contributed by atoms with E-state index < -0.39 is 0 Å². The van der Waals surface area contributed by atoms with Gasteiger partial charge in [-0.25, -0.2) is 4.79 Å². The van der Waals surface area contributed by atoms with Crippen LogP contribution in [0.2, 0.25) is 0 Å². The molecule has 1 fully saturated rings. The number of carbonyl (C=O) groups excluding carboxylic acids is 1. The molecule has 1 aliphatic heterocycles. The topological polar surface area (TPSA) is 65.5 Å². The van der Waals surface area contributed by atoms with Crippen LogP contribution in [-0.4, -0.2) is 46.3 Å². The Hall–Kier alpha value is -1.62. The summed E-state index contributed by atoms with van der Waals surface area (Å²) in [6.45, 7) is 5.62. The van der Waals surface area contributed by atoms with E-state index in [2.05, 4.69) is 24.1 Å². The number of urea groups is 1. The van der Waals surface area contributed by atoms with E-state index in [0.717, 1.165) is 37.8 Å². The fourth-order valence-electron chi connectivity index (χ4n) is 3.41. The monoisotopic (exact) mass is 305 g/mol. The molecule has 2 N–H and O–H groups in total. The van der Waals surface area contributed by atoms with Gasteiger partial charge in [0, 0.05) is 25.5 Å². The molecule has 2 heterocycles. The molecule has 2 amide bonds. The quantitative estimate of drug-likeness (QED) is 0.847. The first-order valence-corrected chi connectivity index (χ1v) is 8.12. The van der Waals surface area contributed by atoms with E-state index >= 15 is 0 Å². The van der Waals surface area contributed by atoms with Crippen molar-refractivity contribution in [2.45, 2.75) is 45.1 Å². The lowest BCUT2D eigenvalue weighted by Crippen LogP contribution is -2.54. The zero-order chi connectivity index (χ0) is 16.0. The molecule has 1 aliphatic rings. The van der Waals surface area contributed by atoms with Gasteiger partial charge in [-0.05, 0) is 43.2 Å². The molecule has 1 aromatic rings. The Morgan fingerprint density at radius 1 is 1.55 bits per heavy atom. The van der Waals surface area contributed by atoms with E-state index in [9.17, 15) is 9.90 Å². The number of hydrogen-bond acceptors (Lipinski definition) is 3. The summed E-state index contributed by atoms with van der Waals surface area (Å²) in [6, 6.07) is 3.85. The molecule has 5 heteroatoms. The highest BCUT2D eigenvalue weighted by atomic mass is 16.3. The first-order valence-electron chi connectivity index (χ1n) is 8.12. The third-order valence-corrected chi connectivity index (χ3v) is 4.34. The van der Waals surface area contributed by atoms with E-state index in [1.165, 1.54) is 0 Å². The smallest absolute Gasteiger partial charge is 0.317 e. The maximum Gasteiger partial charge on any atom is 0.317 e. The molecular weight excluding hydrogens is 278 g/mol. The normalized spacial score (nSPS) is 21.4. The van der Waals surface area contributed by atoms with E-state index in [1.54, 1.807) is 6.20 Å². The predicted molar refractivity (Wildman–Crippen MR) is 86.6 cm³/mol. The van der Waals surface area contributed by atoms with Crippen LogP contribution in [0.4, 0.5) is 4.79 Å². The van der Waals surface area contributed by atoms with Crippen LogP contribution in [0, 0.1) is 5.92 Å². The van der Waals surface area contributed by atoms with E-state index in [-0.39, 0.29) is 18.2 Å². The number of rotatable bonds is 6. The number of aromatic nitrogens is 1. The maximum atomic E-state index is 12.5. The largest absolute Gasteiger partial charge is 0.394 e. The van der Waals surface area contributed by atoms with E-state index in [0.29, 0.717) is 12.5 Å². The summed E-state index contributed by atoms with van der Waals surface area (Å²) in [5.74, 6) is 0.455. The summed E-state index contributed by atoms with van der Waals surface area (Å²) in [6.07, 6.45) is 7.02. The average molecular weight is 305 g/mol. The lowest BCUT2D eigenvalue weighted by Gasteiger charge is -2.38. The first-order chi connectivity index (χ1) is 10.6. The predicted octanol–water partition coefficient (Wildman–Crippen LogP) is 2.21. The fourth-order valence-corrected chi connectivity index (χ4v) is 3.41. The molecule has 1 atom stereocenters. The Balaban J connectivity index is 1.90. The van der Waals surface area contributed by atoms with Crippen LogP contribution in [0.5, 0.6) is 0 Å². The van der Waals surface area contributed by atoms with Gasteiger partial charge in [0.2, 0.25) is 0 Å². The van der Waals surface area contributed by atoms with Gasteiger partial charge in [-0.1, -0.05) is 19.9 Å². The van der Waals surface area contributed by atoms with Crippen LogP contribution < -0.4 is 5.32 Å². The van der Waals surface area contributed by atoms with Crippen molar-refractivity contribution in [3.8, 4) is 0 Å². The number of nitrogens with zero attached hydrogens (tertiary/aromatic N) is 2.